The average Bonchev–Trinajstić information content (AvgIpc) is 2.82. The van der Waals surface area contributed by atoms with Gasteiger partial charge < -0.3 is 4.42 Å². The van der Waals surface area contributed by atoms with Gasteiger partial charge in [0.2, 0.25) is 10.0 Å². The first-order chi connectivity index (χ1) is 10.4. The lowest BCUT2D eigenvalue weighted by Gasteiger charge is -2.30. The standard InChI is InChI=1S/C15H20N2O4S/c1-16-13-10-12(8-9-14(13)21-15(16)18)22(19,20)17(2)11-6-4-3-5-7-11/h8-11H,3-7H2,1-2H3. The lowest BCUT2D eigenvalue weighted by Crippen LogP contribution is -2.38. The van der Waals surface area contributed by atoms with Gasteiger partial charge in [-0.1, -0.05) is 19.3 Å². The van der Waals surface area contributed by atoms with Crippen LogP contribution in [0.5, 0.6) is 0 Å². The van der Waals surface area contributed by atoms with E-state index in [4.69, 9.17) is 4.42 Å². The number of fused-ring (bicyclic) bond motifs is 1. The fourth-order valence-electron chi connectivity index (χ4n) is 3.07. The van der Waals surface area contributed by atoms with Crippen LogP contribution in [0.2, 0.25) is 0 Å². The second-order valence-electron chi connectivity index (χ2n) is 5.87. The van der Waals surface area contributed by atoms with E-state index >= 15 is 0 Å². The van der Waals surface area contributed by atoms with E-state index in [9.17, 15) is 13.2 Å². The number of rotatable bonds is 3. The molecule has 0 spiro atoms. The SMILES string of the molecule is CN(C1CCCCC1)S(=O)(=O)c1ccc2oc(=O)n(C)c2c1. The van der Waals surface area contributed by atoms with Crippen molar-refractivity contribution in [2.45, 2.75) is 43.0 Å². The third kappa shape index (κ3) is 2.48. The Hall–Kier alpha value is -1.60. The van der Waals surface area contributed by atoms with E-state index in [1.807, 2.05) is 0 Å². The highest BCUT2D eigenvalue weighted by atomic mass is 32.2. The maximum atomic E-state index is 12.8. The Morgan fingerprint density at radius 2 is 1.91 bits per heavy atom. The molecule has 0 unspecified atom stereocenters. The maximum Gasteiger partial charge on any atom is 0.419 e. The van der Waals surface area contributed by atoms with E-state index in [2.05, 4.69) is 0 Å². The van der Waals surface area contributed by atoms with Crippen molar-refractivity contribution in [3.8, 4) is 0 Å². The van der Waals surface area contributed by atoms with Crippen LogP contribution in [-0.2, 0) is 17.1 Å². The van der Waals surface area contributed by atoms with E-state index < -0.39 is 15.8 Å². The van der Waals surface area contributed by atoms with Crippen molar-refractivity contribution in [1.29, 1.82) is 0 Å². The molecular weight excluding hydrogens is 304 g/mol. The summed E-state index contributed by atoms with van der Waals surface area (Å²) in [5.41, 5.74) is 0.884. The van der Waals surface area contributed by atoms with Crippen molar-refractivity contribution < 1.29 is 12.8 Å². The van der Waals surface area contributed by atoms with Gasteiger partial charge in [-0.2, -0.15) is 4.31 Å². The van der Waals surface area contributed by atoms with Crippen molar-refractivity contribution in [3.63, 3.8) is 0 Å². The summed E-state index contributed by atoms with van der Waals surface area (Å²) in [7, 11) is -0.354. The highest BCUT2D eigenvalue weighted by Gasteiger charge is 2.29. The predicted molar refractivity (Wildman–Crippen MR) is 83.3 cm³/mol. The molecule has 1 fully saturated rings. The van der Waals surface area contributed by atoms with Gasteiger partial charge in [-0.15, -0.1) is 0 Å². The Bertz CT molecular complexity index is 844. The van der Waals surface area contributed by atoms with E-state index in [0.717, 1.165) is 25.7 Å². The zero-order chi connectivity index (χ0) is 15.9. The van der Waals surface area contributed by atoms with E-state index in [0.29, 0.717) is 11.1 Å². The lowest BCUT2D eigenvalue weighted by molar-refractivity contribution is 0.286. The van der Waals surface area contributed by atoms with Gasteiger partial charge in [0.25, 0.3) is 0 Å². The summed E-state index contributed by atoms with van der Waals surface area (Å²) in [5.74, 6) is -0.495. The van der Waals surface area contributed by atoms with Gasteiger partial charge in [0.15, 0.2) is 5.58 Å². The summed E-state index contributed by atoms with van der Waals surface area (Å²) in [4.78, 5) is 11.7. The summed E-state index contributed by atoms with van der Waals surface area (Å²) in [5, 5.41) is 0. The number of sulfonamides is 1. The van der Waals surface area contributed by atoms with Crippen LogP contribution in [0.15, 0.2) is 32.3 Å². The molecule has 0 atom stereocenters. The van der Waals surface area contributed by atoms with E-state index in [1.54, 1.807) is 20.2 Å². The number of benzene rings is 1. The molecule has 0 N–H and O–H groups in total. The molecule has 1 aliphatic carbocycles. The Labute approximate surface area is 129 Å². The number of oxazole rings is 1. The Kier molecular flexibility index (Phi) is 3.86. The van der Waals surface area contributed by atoms with Crippen LogP contribution in [0.25, 0.3) is 11.1 Å². The number of aromatic nitrogens is 1. The van der Waals surface area contributed by atoms with Crippen molar-refractivity contribution in [3.05, 3.63) is 28.7 Å². The first-order valence-corrected chi connectivity index (χ1v) is 8.93. The topological polar surface area (TPSA) is 72.5 Å². The number of hydrogen-bond donors (Lipinski definition) is 0. The van der Waals surface area contributed by atoms with Gasteiger partial charge >= 0.3 is 5.76 Å². The van der Waals surface area contributed by atoms with Crippen LogP contribution in [0.1, 0.15) is 32.1 Å². The summed E-state index contributed by atoms with van der Waals surface area (Å²) in [6.45, 7) is 0. The van der Waals surface area contributed by atoms with Gasteiger partial charge in [-0.25, -0.2) is 13.2 Å². The molecule has 3 rings (SSSR count). The van der Waals surface area contributed by atoms with Gasteiger partial charge in [0.05, 0.1) is 10.4 Å². The van der Waals surface area contributed by atoms with Gasteiger partial charge in [0, 0.05) is 20.1 Å². The first-order valence-electron chi connectivity index (χ1n) is 7.49. The van der Waals surface area contributed by atoms with Crippen molar-refractivity contribution in [2.24, 2.45) is 7.05 Å². The van der Waals surface area contributed by atoms with Gasteiger partial charge in [-0.05, 0) is 31.0 Å². The third-order valence-corrected chi connectivity index (χ3v) is 6.43. The molecule has 120 valence electrons. The highest BCUT2D eigenvalue weighted by Crippen LogP contribution is 2.27. The molecule has 1 aromatic carbocycles. The molecule has 1 heterocycles. The van der Waals surface area contributed by atoms with Crippen LogP contribution in [0.4, 0.5) is 0 Å². The largest absolute Gasteiger partial charge is 0.419 e. The van der Waals surface area contributed by atoms with Crippen LogP contribution in [0.3, 0.4) is 0 Å². The minimum atomic E-state index is -3.56. The van der Waals surface area contributed by atoms with Crippen molar-refractivity contribution in [2.75, 3.05) is 7.05 Å². The number of hydrogen-bond acceptors (Lipinski definition) is 4. The second kappa shape index (κ2) is 5.55. The fraction of sp³-hybridized carbons (Fsp3) is 0.533. The van der Waals surface area contributed by atoms with Crippen molar-refractivity contribution >= 4 is 21.1 Å². The molecule has 1 saturated carbocycles. The smallest absolute Gasteiger partial charge is 0.408 e. The minimum Gasteiger partial charge on any atom is -0.408 e. The van der Waals surface area contributed by atoms with Crippen LogP contribution >= 0.6 is 0 Å². The monoisotopic (exact) mass is 324 g/mol. The maximum absolute atomic E-state index is 12.8. The number of nitrogens with zero attached hydrogens (tertiary/aromatic N) is 2. The Morgan fingerprint density at radius 3 is 2.59 bits per heavy atom. The average molecular weight is 324 g/mol. The molecule has 0 aliphatic heterocycles. The first kappa shape index (κ1) is 15.3. The molecule has 6 nitrogen and oxygen atoms in total. The molecule has 0 bridgehead atoms. The Morgan fingerprint density at radius 1 is 1.23 bits per heavy atom. The second-order valence-corrected chi connectivity index (χ2v) is 7.87. The summed E-state index contributed by atoms with van der Waals surface area (Å²) < 4.78 is 33.4. The summed E-state index contributed by atoms with van der Waals surface area (Å²) in [6.07, 6.45) is 5.12. The van der Waals surface area contributed by atoms with Crippen LogP contribution < -0.4 is 5.76 Å². The zero-order valence-electron chi connectivity index (χ0n) is 12.8. The molecule has 2 aromatic rings. The third-order valence-electron chi connectivity index (χ3n) is 4.53. The quantitative estimate of drug-likeness (QED) is 0.866. The normalized spacial score (nSPS) is 17.4. The molecular formula is C15H20N2O4S. The Balaban J connectivity index is 2.00. The zero-order valence-corrected chi connectivity index (χ0v) is 13.6. The molecule has 0 radical (unpaired) electrons. The molecule has 7 heteroatoms. The van der Waals surface area contributed by atoms with E-state index in [-0.39, 0.29) is 10.9 Å². The van der Waals surface area contributed by atoms with Crippen LogP contribution in [-0.4, -0.2) is 30.4 Å². The van der Waals surface area contributed by atoms with Gasteiger partial charge in [0.1, 0.15) is 0 Å². The summed E-state index contributed by atoms with van der Waals surface area (Å²) in [6, 6.07) is 4.61. The lowest BCUT2D eigenvalue weighted by atomic mass is 9.96. The van der Waals surface area contributed by atoms with Crippen molar-refractivity contribution in [1.82, 2.24) is 8.87 Å². The molecule has 1 aliphatic rings. The number of aryl methyl sites for hydroxylation is 1. The molecule has 0 saturated heterocycles. The molecule has 0 amide bonds. The molecule has 22 heavy (non-hydrogen) atoms. The fourth-order valence-corrected chi connectivity index (χ4v) is 4.51. The highest BCUT2D eigenvalue weighted by molar-refractivity contribution is 7.89. The van der Waals surface area contributed by atoms with E-state index in [1.165, 1.54) is 27.4 Å². The predicted octanol–water partition coefficient (Wildman–Crippen LogP) is 2.08. The molecule has 1 aromatic heterocycles. The van der Waals surface area contributed by atoms with Crippen LogP contribution in [0, 0.1) is 0 Å². The summed E-state index contributed by atoms with van der Waals surface area (Å²) >= 11 is 0. The van der Waals surface area contributed by atoms with Gasteiger partial charge in [-0.3, -0.25) is 4.57 Å². The minimum absolute atomic E-state index is 0.0580.